The summed E-state index contributed by atoms with van der Waals surface area (Å²) < 4.78 is 23.5. The highest BCUT2D eigenvalue weighted by atomic mass is 32.2. The summed E-state index contributed by atoms with van der Waals surface area (Å²) >= 11 is 1.33. The molecule has 0 unspecified atom stereocenters. The molecule has 0 amide bonds. The number of methoxy groups -OCH3 is 1. The molecule has 0 aromatic heterocycles. The molecule has 0 saturated carbocycles. The van der Waals surface area contributed by atoms with Crippen molar-refractivity contribution in [2.24, 2.45) is 0 Å². The van der Waals surface area contributed by atoms with Crippen molar-refractivity contribution in [1.29, 1.82) is 0 Å². The Bertz CT molecular complexity index is 315. The number of benzene rings is 1. The summed E-state index contributed by atoms with van der Waals surface area (Å²) in [4.78, 5) is 0.530. The van der Waals surface area contributed by atoms with Crippen LogP contribution in [0.3, 0.4) is 0 Å². The number of halogens is 1. The van der Waals surface area contributed by atoms with Gasteiger partial charge in [0.2, 0.25) is 0 Å². The van der Waals surface area contributed by atoms with Crippen LogP contribution < -0.4 is 4.74 Å². The Balaban J connectivity index is 2.98. The van der Waals surface area contributed by atoms with Gasteiger partial charge < -0.3 is 9.47 Å². The molecule has 78 valence electrons. The first kappa shape index (κ1) is 11.3. The fraction of sp³-hybridized carbons (Fsp3) is 0.400. The Morgan fingerprint density at radius 1 is 1.43 bits per heavy atom. The van der Waals surface area contributed by atoms with Crippen molar-refractivity contribution < 1.29 is 13.9 Å². The highest BCUT2D eigenvalue weighted by Gasteiger charge is 2.10. The second kappa shape index (κ2) is 5.22. The number of hydrogen-bond acceptors (Lipinski definition) is 3. The number of hydrogen-bond donors (Lipinski definition) is 0. The van der Waals surface area contributed by atoms with E-state index in [1.54, 1.807) is 19.1 Å². The van der Waals surface area contributed by atoms with Crippen LogP contribution in [0, 0.1) is 12.7 Å². The smallest absolute Gasteiger partial charge is 0.188 e. The van der Waals surface area contributed by atoms with Crippen LogP contribution in [0.5, 0.6) is 5.75 Å². The van der Waals surface area contributed by atoms with Gasteiger partial charge in [-0.25, -0.2) is 4.39 Å². The van der Waals surface area contributed by atoms with E-state index < -0.39 is 0 Å². The van der Waals surface area contributed by atoms with Crippen molar-refractivity contribution in [3.63, 3.8) is 0 Å². The molecular formula is C10H13FO2S. The molecule has 0 fully saturated rings. The molecule has 0 N–H and O–H groups in total. The molecule has 0 spiro atoms. The minimum absolute atomic E-state index is 0.135. The molecule has 0 aliphatic heterocycles. The van der Waals surface area contributed by atoms with Crippen LogP contribution in [-0.4, -0.2) is 20.2 Å². The summed E-state index contributed by atoms with van der Waals surface area (Å²) in [5, 5.41) is 0. The SMILES string of the molecule is COCOc1ccc(C)c(F)c1SC. The molecule has 0 heterocycles. The van der Waals surface area contributed by atoms with E-state index in [4.69, 9.17) is 9.47 Å². The number of rotatable bonds is 4. The Kier molecular flexibility index (Phi) is 4.22. The van der Waals surface area contributed by atoms with Gasteiger partial charge in [-0.05, 0) is 24.8 Å². The summed E-state index contributed by atoms with van der Waals surface area (Å²) in [6.45, 7) is 1.87. The van der Waals surface area contributed by atoms with E-state index in [1.165, 1.54) is 18.9 Å². The van der Waals surface area contributed by atoms with Gasteiger partial charge in [0.15, 0.2) is 6.79 Å². The van der Waals surface area contributed by atoms with Gasteiger partial charge in [-0.15, -0.1) is 11.8 Å². The Morgan fingerprint density at radius 3 is 2.71 bits per heavy atom. The van der Waals surface area contributed by atoms with Gasteiger partial charge in [-0.2, -0.15) is 0 Å². The zero-order chi connectivity index (χ0) is 10.6. The Labute approximate surface area is 87.4 Å². The van der Waals surface area contributed by atoms with E-state index in [0.717, 1.165) is 0 Å². The Hall–Kier alpha value is -0.740. The molecule has 14 heavy (non-hydrogen) atoms. The first-order valence-electron chi connectivity index (χ1n) is 4.15. The first-order chi connectivity index (χ1) is 6.70. The van der Waals surface area contributed by atoms with Crippen LogP contribution in [0.4, 0.5) is 4.39 Å². The number of thioether (sulfide) groups is 1. The summed E-state index contributed by atoms with van der Waals surface area (Å²) in [6, 6.07) is 3.45. The average molecular weight is 216 g/mol. The molecule has 0 saturated heterocycles. The van der Waals surface area contributed by atoms with E-state index in [0.29, 0.717) is 16.2 Å². The van der Waals surface area contributed by atoms with Gasteiger partial charge in [0, 0.05) is 7.11 Å². The van der Waals surface area contributed by atoms with Gasteiger partial charge in [0.05, 0.1) is 4.90 Å². The molecule has 2 nitrogen and oxygen atoms in total. The lowest BCUT2D eigenvalue weighted by atomic mass is 10.2. The molecule has 1 rings (SSSR count). The van der Waals surface area contributed by atoms with Crippen molar-refractivity contribution in [2.75, 3.05) is 20.2 Å². The standard InChI is InChI=1S/C10H13FO2S/c1-7-4-5-8(13-6-12-2)10(14-3)9(7)11/h4-5H,6H2,1-3H3. The molecule has 0 aliphatic carbocycles. The third-order valence-corrected chi connectivity index (χ3v) is 2.58. The first-order valence-corrected chi connectivity index (χ1v) is 5.38. The summed E-state index contributed by atoms with van der Waals surface area (Å²) in [5.41, 5.74) is 0.624. The van der Waals surface area contributed by atoms with Gasteiger partial charge >= 0.3 is 0 Å². The maximum absolute atomic E-state index is 13.5. The molecule has 0 radical (unpaired) electrons. The largest absolute Gasteiger partial charge is 0.466 e. The molecule has 0 atom stereocenters. The quantitative estimate of drug-likeness (QED) is 0.569. The summed E-state index contributed by atoms with van der Waals surface area (Å²) in [7, 11) is 1.53. The fourth-order valence-corrected chi connectivity index (χ4v) is 1.73. The average Bonchev–Trinajstić information content (AvgIpc) is 2.20. The van der Waals surface area contributed by atoms with Crippen molar-refractivity contribution in [1.82, 2.24) is 0 Å². The van der Waals surface area contributed by atoms with Crippen LogP contribution in [-0.2, 0) is 4.74 Å². The van der Waals surface area contributed by atoms with Gasteiger partial charge in [0.1, 0.15) is 11.6 Å². The number of aryl methyl sites for hydroxylation is 1. The number of ether oxygens (including phenoxy) is 2. The zero-order valence-corrected chi connectivity index (χ0v) is 9.28. The third-order valence-electron chi connectivity index (χ3n) is 1.79. The van der Waals surface area contributed by atoms with Crippen molar-refractivity contribution in [3.8, 4) is 5.75 Å². The highest BCUT2D eigenvalue weighted by molar-refractivity contribution is 7.98. The molecule has 1 aromatic rings. The lowest BCUT2D eigenvalue weighted by Crippen LogP contribution is -2.01. The molecule has 4 heteroatoms. The van der Waals surface area contributed by atoms with E-state index in [1.807, 2.05) is 6.26 Å². The van der Waals surface area contributed by atoms with Gasteiger partial charge in [0.25, 0.3) is 0 Å². The van der Waals surface area contributed by atoms with Gasteiger partial charge in [-0.3, -0.25) is 0 Å². The molecule has 0 aliphatic rings. The molecular weight excluding hydrogens is 203 g/mol. The van der Waals surface area contributed by atoms with Crippen LogP contribution in [0.15, 0.2) is 17.0 Å². The highest BCUT2D eigenvalue weighted by Crippen LogP contribution is 2.31. The van der Waals surface area contributed by atoms with Crippen molar-refractivity contribution >= 4 is 11.8 Å². The minimum Gasteiger partial charge on any atom is -0.466 e. The van der Waals surface area contributed by atoms with E-state index in [-0.39, 0.29) is 12.6 Å². The van der Waals surface area contributed by atoms with Crippen LogP contribution in [0.25, 0.3) is 0 Å². The second-order valence-corrected chi connectivity index (χ2v) is 3.60. The van der Waals surface area contributed by atoms with Crippen molar-refractivity contribution in [2.45, 2.75) is 11.8 Å². The lowest BCUT2D eigenvalue weighted by Gasteiger charge is -2.10. The summed E-state index contributed by atoms with van der Waals surface area (Å²) in [6.07, 6.45) is 1.82. The maximum Gasteiger partial charge on any atom is 0.188 e. The summed E-state index contributed by atoms with van der Waals surface area (Å²) in [5.74, 6) is 0.313. The van der Waals surface area contributed by atoms with E-state index in [2.05, 4.69) is 0 Å². The second-order valence-electron chi connectivity index (χ2n) is 2.78. The van der Waals surface area contributed by atoms with E-state index >= 15 is 0 Å². The van der Waals surface area contributed by atoms with Crippen LogP contribution in [0.2, 0.25) is 0 Å². The predicted molar refractivity (Wildman–Crippen MR) is 55.4 cm³/mol. The molecule has 1 aromatic carbocycles. The van der Waals surface area contributed by atoms with E-state index in [9.17, 15) is 4.39 Å². The van der Waals surface area contributed by atoms with Crippen molar-refractivity contribution in [3.05, 3.63) is 23.5 Å². The Morgan fingerprint density at radius 2 is 2.14 bits per heavy atom. The monoisotopic (exact) mass is 216 g/mol. The topological polar surface area (TPSA) is 18.5 Å². The third kappa shape index (κ3) is 2.39. The van der Waals surface area contributed by atoms with Gasteiger partial charge in [-0.1, -0.05) is 6.07 Å². The van der Waals surface area contributed by atoms with Crippen LogP contribution >= 0.6 is 11.8 Å². The normalized spacial score (nSPS) is 10.3. The maximum atomic E-state index is 13.5. The minimum atomic E-state index is -0.217. The van der Waals surface area contributed by atoms with Crippen LogP contribution in [0.1, 0.15) is 5.56 Å². The fourth-order valence-electron chi connectivity index (χ4n) is 1.06. The zero-order valence-electron chi connectivity index (χ0n) is 8.46. The predicted octanol–water partition coefficient (Wildman–Crippen LogP) is 2.84. The molecule has 0 bridgehead atoms. The lowest BCUT2D eigenvalue weighted by molar-refractivity contribution is 0.0487.